The molecular weight excluding hydrogens is 404 g/mol. The lowest BCUT2D eigenvalue weighted by atomic mass is 9.86. The molecule has 0 bridgehead atoms. The zero-order valence-electron chi connectivity index (χ0n) is 20.0. The van der Waals surface area contributed by atoms with Crippen molar-refractivity contribution in [3.8, 4) is 11.8 Å². The Hall–Kier alpha value is -1.61. The van der Waals surface area contributed by atoms with Gasteiger partial charge in [0.15, 0.2) is 6.29 Å². The topological polar surface area (TPSA) is 76.0 Å². The number of hydrogen-bond acceptors (Lipinski definition) is 4. The van der Waals surface area contributed by atoms with Crippen molar-refractivity contribution in [2.75, 3.05) is 6.61 Å². The van der Waals surface area contributed by atoms with Crippen molar-refractivity contribution >= 4 is 5.97 Å². The number of allylic oxidation sites excluding steroid dienone is 3. The molecule has 0 spiro atoms. The van der Waals surface area contributed by atoms with Crippen LogP contribution in [0.15, 0.2) is 24.3 Å². The van der Waals surface area contributed by atoms with Gasteiger partial charge in [0.05, 0.1) is 12.2 Å². The first-order valence-corrected chi connectivity index (χ1v) is 12.3. The number of unbranched alkanes of at least 4 members (excludes halogenated alkanes) is 1. The van der Waals surface area contributed by atoms with E-state index in [0.29, 0.717) is 12.3 Å². The van der Waals surface area contributed by atoms with E-state index in [4.69, 9.17) is 14.6 Å². The molecule has 1 saturated heterocycles. The van der Waals surface area contributed by atoms with Crippen LogP contribution >= 0.6 is 0 Å². The molecule has 180 valence electrons. The monoisotopic (exact) mass is 446 g/mol. The van der Waals surface area contributed by atoms with Gasteiger partial charge in [-0.25, -0.2) is 0 Å². The van der Waals surface area contributed by atoms with Crippen LogP contribution in [-0.2, 0) is 14.3 Å². The minimum Gasteiger partial charge on any atom is -0.481 e. The Morgan fingerprint density at radius 1 is 1.31 bits per heavy atom. The van der Waals surface area contributed by atoms with Crippen LogP contribution in [0, 0.1) is 35.5 Å². The van der Waals surface area contributed by atoms with Crippen LogP contribution < -0.4 is 0 Å². The van der Waals surface area contributed by atoms with Gasteiger partial charge in [0, 0.05) is 19.4 Å². The lowest BCUT2D eigenvalue weighted by Gasteiger charge is -2.29. The van der Waals surface area contributed by atoms with Crippen molar-refractivity contribution < 1.29 is 24.5 Å². The maximum Gasteiger partial charge on any atom is 0.303 e. The summed E-state index contributed by atoms with van der Waals surface area (Å²) in [5, 5.41) is 19.4. The number of ether oxygens (including phenoxy) is 2. The summed E-state index contributed by atoms with van der Waals surface area (Å²) in [5.74, 6) is 6.54. The maximum absolute atomic E-state index is 10.6. The van der Waals surface area contributed by atoms with Crippen molar-refractivity contribution in [1.29, 1.82) is 0 Å². The molecule has 5 nitrogen and oxygen atoms in total. The lowest BCUT2D eigenvalue weighted by molar-refractivity contribution is -0.186. The second-order valence-electron chi connectivity index (χ2n) is 9.40. The van der Waals surface area contributed by atoms with E-state index in [1.54, 1.807) is 0 Å². The number of carbonyl (C=O) groups is 1. The van der Waals surface area contributed by atoms with Gasteiger partial charge in [-0.3, -0.25) is 4.79 Å². The molecule has 0 radical (unpaired) electrons. The van der Waals surface area contributed by atoms with Crippen molar-refractivity contribution in [3.63, 3.8) is 0 Å². The van der Waals surface area contributed by atoms with Crippen LogP contribution in [-0.4, -0.2) is 41.3 Å². The second kappa shape index (κ2) is 14.5. The number of hydrogen-bond donors (Lipinski definition) is 2. The fraction of sp³-hybridized carbons (Fsp3) is 0.741. The molecule has 1 saturated carbocycles. The van der Waals surface area contributed by atoms with E-state index in [9.17, 15) is 9.90 Å². The fourth-order valence-corrected chi connectivity index (χ4v) is 4.76. The van der Waals surface area contributed by atoms with E-state index in [0.717, 1.165) is 51.6 Å². The van der Waals surface area contributed by atoms with Gasteiger partial charge in [-0.05, 0) is 75.5 Å². The highest BCUT2D eigenvalue weighted by Gasteiger charge is 2.38. The van der Waals surface area contributed by atoms with Crippen molar-refractivity contribution in [2.45, 2.75) is 97.1 Å². The van der Waals surface area contributed by atoms with E-state index in [1.807, 2.05) is 6.92 Å². The predicted molar refractivity (Wildman–Crippen MR) is 127 cm³/mol. The predicted octanol–water partition coefficient (Wildman–Crippen LogP) is 5.34. The van der Waals surface area contributed by atoms with Crippen molar-refractivity contribution in [2.24, 2.45) is 23.7 Å². The molecule has 2 rings (SSSR count). The maximum atomic E-state index is 10.6. The molecule has 0 amide bonds. The summed E-state index contributed by atoms with van der Waals surface area (Å²) in [5.41, 5.74) is 0. The highest BCUT2D eigenvalue weighted by Crippen LogP contribution is 2.40. The third kappa shape index (κ3) is 9.10. The summed E-state index contributed by atoms with van der Waals surface area (Å²) in [4.78, 5) is 10.6. The molecule has 2 fully saturated rings. The number of aliphatic hydroxyl groups is 1. The van der Waals surface area contributed by atoms with Gasteiger partial charge < -0.3 is 19.7 Å². The SMILES string of the molecule is CC#CCC(C)[C@@H](/C=C/[C@@H]1[C@@H](C/C=C\CCCC(=O)O)[C@@H](O)C[C@H]1C)OC1CCCCO1. The normalized spacial score (nSPS) is 30.3. The Labute approximate surface area is 194 Å². The molecule has 0 aromatic rings. The number of carboxylic acid groups (broad SMARTS) is 1. The number of rotatable bonds is 12. The van der Waals surface area contributed by atoms with Gasteiger partial charge in [0.25, 0.3) is 0 Å². The van der Waals surface area contributed by atoms with Gasteiger partial charge in [-0.15, -0.1) is 11.8 Å². The minimum atomic E-state index is -0.752. The summed E-state index contributed by atoms with van der Waals surface area (Å²) < 4.78 is 12.2. The second-order valence-corrected chi connectivity index (χ2v) is 9.40. The van der Waals surface area contributed by atoms with Gasteiger partial charge in [-0.2, -0.15) is 0 Å². The van der Waals surface area contributed by atoms with Gasteiger partial charge >= 0.3 is 5.97 Å². The Kier molecular flexibility index (Phi) is 12.1. The fourth-order valence-electron chi connectivity index (χ4n) is 4.76. The highest BCUT2D eigenvalue weighted by atomic mass is 16.7. The van der Waals surface area contributed by atoms with Gasteiger partial charge in [0.2, 0.25) is 0 Å². The van der Waals surface area contributed by atoms with Crippen LogP contribution in [0.4, 0.5) is 0 Å². The molecular formula is C27H42O5. The molecule has 32 heavy (non-hydrogen) atoms. The van der Waals surface area contributed by atoms with Crippen LogP contribution in [0.5, 0.6) is 0 Å². The largest absolute Gasteiger partial charge is 0.481 e. The summed E-state index contributed by atoms with van der Waals surface area (Å²) >= 11 is 0. The van der Waals surface area contributed by atoms with Crippen molar-refractivity contribution in [1.82, 2.24) is 0 Å². The third-order valence-corrected chi connectivity index (χ3v) is 6.73. The third-order valence-electron chi connectivity index (χ3n) is 6.73. The van der Waals surface area contributed by atoms with E-state index in [-0.39, 0.29) is 42.7 Å². The van der Waals surface area contributed by atoms with Gasteiger partial charge in [0.1, 0.15) is 0 Å². The Bertz CT molecular complexity index is 667. The first kappa shape index (κ1) is 26.6. The van der Waals surface area contributed by atoms with E-state index in [2.05, 4.69) is 50.0 Å². The molecule has 1 aliphatic carbocycles. The van der Waals surface area contributed by atoms with Gasteiger partial charge in [-0.1, -0.05) is 38.2 Å². The zero-order valence-corrected chi connectivity index (χ0v) is 20.0. The summed E-state index contributed by atoms with van der Waals surface area (Å²) in [6, 6.07) is 0. The highest BCUT2D eigenvalue weighted by molar-refractivity contribution is 5.66. The minimum absolute atomic E-state index is 0.0592. The quantitative estimate of drug-likeness (QED) is 0.240. The molecule has 1 aliphatic heterocycles. The Morgan fingerprint density at radius 2 is 2.12 bits per heavy atom. The molecule has 1 heterocycles. The zero-order chi connectivity index (χ0) is 23.3. The standard InChI is InChI=1S/C27H42O5/c1-4-5-12-20(2)25(32-27-15-10-11-18-31-27)17-16-22-21(3)19-24(28)23(22)13-8-6-7-9-14-26(29)30/h6,8,16-17,20-25,27-28H,7,9-15,18-19H2,1-3H3,(H,29,30)/b8-6-,17-16+/t20?,21-,22+,23-,24+,25-,27?/m1/s1. The number of carboxylic acids is 1. The molecule has 5 heteroatoms. The summed E-state index contributed by atoms with van der Waals surface area (Å²) in [6.45, 7) is 7.01. The first-order valence-electron chi connectivity index (χ1n) is 12.3. The summed E-state index contributed by atoms with van der Waals surface area (Å²) in [7, 11) is 0. The molecule has 2 unspecified atom stereocenters. The first-order chi connectivity index (χ1) is 15.4. The average molecular weight is 447 g/mol. The lowest BCUT2D eigenvalue weighted by Crippen LogP contribution is -2.30. The molecule has 2 aliphatic rings. The average Bonchev–Trinajstić information content (AvgIpc) is 3.04. The number of aliphatic carboxylic acids is 1. The Balaban J connectivity index is 2.00. The smallest absolute Gasteiger partial charge is 0.303 e. The summed E-state index contributed by atoms with van der Waals surface area (Å²) in [6.07, 6.45) is 15.3. The van der Waals surface area contributed by atoms with E-state index >= 15 is 0 Å². The number of aliphatic hydroxyl groups excluding tert-OH is 1. The molecule has 0 aromatic heterocycles. The van der Waals surface area contributed by atoms with E-state index in [1.165, 1.54) is 0 Å². The van der Waals surface area contributed by atoms with Crippen LogP contribution in [0.3, 0.4) is 0 Å². The van der Waals surface area contributed by atoms with Crippen molar-refractivity contribution in [3.05, 3.63) is 24.3 Å². The molecule has 2 N–H and O–H groups in total. The van der Waals surface area contributed by atoms with Crippen LogP contribution in [0.2, 0.25) is 0 Å². The van der Waals surface area contributed by atoms with Crippen LogP contribution in [0.25, 0.3) is 0 Å². The molecule has 0 aromatic carbocycles. The van der Waals surface area contributed by atoms with E-state index < -0.39 is 5.97 Å². The molecule has 7 atom stereocenters. The van der Waals surface area contributed by atoms with Crippen LogP contribution in [0.1, 0.15) is 78.6 Å². The Morgan fingerprint density at radius 3 is 2.81 bits per heavy atom.